The molecule has 0 atom stereocenters. The van der Waals surface area contributed by atoms with Gasteiger partial charge in [0.05, 0.1) is 0 Å². The van der Waals surface area contributed by atoms with Crippen molar-refractivity contribution in [3.8, 4) is 0 Å². The quantitative estimate of drug-likeness (QED) is 0.669. The van der Waals surface area contributed by atoms with Crippen molar-refractivity contribution in [2.45, 2.75) is 40.5 Å². The zero-order chi connectivity index (χ0) is 10.6. The van der Waals surface area contributed by atoms with Crippen molar-refractivity contribution >= 4 is 29.6 Å². The van der Waals surface area contributed by atoms with E-state index in [1.165, 1.54) is 24.0 Å². The molecule has 0 saturated heterocycles. The van der Waals surface area contributed by atoms with E-state index in [2.05, 4.69) is 52.0 Å². The minimum Gasteiger partial charge on any atom is -0.0625 e. The Balaban J connectivity index is 0.00000196. The number of benzene rings is 1. The van der Waals surface area contributed by atoms with Gasteiger partial charge in [0.15, 0.2) is 0 Å². The van der Waals surface area contributed by atoms with E-state index in [0.29, 0.717) is 0 Å². The fourth-order valence-electron chi connectivity index (χ4n) is 1.84. The third-order valence-electron chi connectivity index (χ3n) is 2.37. The van der Waals surface area contributed by atoms with E-state index >= 15 is 0 Å². The monoisotopic (exact) mass is 213 g/mol. The van der Waals surface area contributed by atoms with Crippen LogP contribution in [0.3, 0.4) is 0 Å². The largest absolute Gasteiger partial charge is 0.0625 e. The second kappa shape index (κ2) is 7.49. The molecule has 0 heterocycles. The summed E-state index contributed by atoms with van der Waals surface area (Å²) >= 11 is 0. The average Bonchev–Trinajstić information content (AvgIpc) is 2.06. The van der Waals surface area contributed by atoms with Crippen LogP contribution in [0, 0.1) is 11.8 Å². The predicted octanol–water partition coefficient (Wildman–Crippen LogP) is 3.70. The fourth-order valence-corrected chi connectivity index (χ4v) is 1.84. The third kappa shape index (κ3) is 5.75. The molecular weight excluding hydrogens is 191 g/mol. The predicted molar refractivity (Wildman–Crippen MR) is 69.3 cm³/mol. The van der Waals surface area contributed by atoms with Gasteiger partial charge in [-0.15, -0.1) is 0 Å². The molecule has 15 heavy (non-hydrogen) atoms. The average molecular weight is 213 g/mol. The molecule has 0 nitrogen and oxygen atoms in total. The topological polar surface area (TPSA) is 0 Å². The zero-order valence-corrected chi connectivity index (χ0v) is 12.9. The molecule has 0 aromatic heterocycles. The zero-order valence-electron chi connectivity index (χ0n) is 10.9. The summed E-state index contributed by atoms with van der Waals surface area (Å²) in [5.74, 6) is 1.51. The summed E-state index contributed by atoms with van der Waals surface area (Å²) in [7, 11) is 0. The Kier molecular flexibility index (Phi) is 7.60. The first-order chi connectivity index (χ1) is 6.59. The van der Waals surface area contributed by atoms with E-state index < -0.39 is 0 Å². The molecule has 0 saturated carbocycles. The van der Waals surface area contributed by atoms with Gasteiger partial charge in [0.25, 0.3) is 0 Å². The SMILES string of the molecule is CC(C)Cc1ccccc1CC(C)C.[Na]. The Bertz CT molecular complexity index is 247. The third-order valence-corrected chi connectivity index (χ3v) is 2.37. The van der Waals surface area contributed by atoms with Crippen molar-refractivity contribution in [1.82, 2.24) is 0 Å². The normalized spacial score (nSPS) is 10.5. The van der Waals surface area contributed by atoms with Crippen LogP contribution in [-0.2, 0) is 12.8 Å². The van der Waals surface area contributed by atoms with Crippen LogP contribution in [0.2, 0.25) is 0 Å². The molecule has 0 N–H and O–H groups in total. The van der Waals surface area contributed by atoms with Gasteiger partial charge in [-0.25, -0.2) is 0 Å². The van der Waals surface area contributed by atoms with Gasteiger partial charge in [-0.05, 0) is 35.8 Å². The Hall–Kier alpha value is 0.220. The van der Waals surface area contributed by atoms with Crippen LogP contribution in [0.25, 0.3) is 0 Å². The summed E-state index contributed by atoms with van der Waals surface area (Å²) in [5, 5.41) is 0. The van der Waals surface area contributed by atoms with Crippen LogP contribution >= 0.6 is 0 Å². The van der Waals surface area contributed by atoms with Crippen LogP contribution in [0.4, 0.5) is 0 Å². The van der Waals surface area contributed by atoms with E-state index in [1.54, 1.807) is 0 Å². The Morgan fingerprint density at radius 2 is 1.13 bits per heavy atom. The van der Waals surface area contributed by atoms with Crippen LogP contribution in [0.15, 0.2) is 24.3 Å². The molecule has 1 radical (unpaired) electrons. The summed E-state index contributed by atoms with van der Waals surface area (Å²) in [6.45, 7) is 9.14. The molecule has 1 heteroatoms. The van der Waals surface area contributed by atoms with E-state index in [9.17, 15) is 0 Å². The van der Waals surface area contributed by atoms with E-state index in [4.69, 9.17) is 0 Å². The fraction of sp³-hybridized carbons (Fsp3) is 0.571. The van der Waals surface area contributed by atoms with Gasteiger partial charge in [0, 0.05) is 29.6 Å². The Morgan fingerprint density at radius 3 is 1.40 bits per heavy atom. The number of rotatable bonds is 4. The Labute approximate surface area is 117 Å². The van der Waals surface area contributed by atoms with Crippen molar-refractivity contribution in [1.29, 1.82) is 0 Å². The summed E-state index contributed by atoms with van der Waals surface area (Å²) in [6.07, 6.45) is 2.42. The molecule has 1 aromatic rings. The first kappa shape index (κ1) is 15.2. The second-order valence-electron chi connectivity index (χ2n) is 4.96. The van der Waals surface area contributed by atoms with Crippen LogP contribution < -0.4 is 0 Å². The van der Waals surface area contributed by atoms with Crippen LogP contribution in [-0.4, -0.2) is 29.6 Å². The van der Waals surface area contributed by atoms with Crippen molar-refractivity contribution in [2.75, 3.05) is 0 Å². The molecule has 1 rings (SSSR count). The molecule has 0 aliphatic heterocycles. The summed E-state index contributed by atoms with van der Waals surface area (Å²) in [4.78, 5) is 0. The van der Waals surface area contributed by atoms with Gasteiger partial charge in [0.1, 0.15) is 0 Å². The number of hydrogen-bond acceptors (Lipinski definition) is 0. The first-order valence-corrected chi connectivity index (χ1v) is 5.66. The molecule has 1 aromatic carbocycles. The maximum Gasteiger partial charge on any atom is 0 e. The van der Waals surface area contributed by atoms with Crippen molar-refractivity contribution in [3.63, 3.8) is 0 Å². The molecule has 0 aliphatic rings. The molecule has 0 bridgehead atoms. The maximum absolute atomic E-state index is 2.28. The molecule has 0 spiro atoms. The molecule has 0 fully saturated rings. The van der Waals surface area contributed by atoms with Crippen LogP contribution in [0.5, 0.6) is 0 Å². The van der Waals surface area contributed by atoms with E-state index in [1.807, 2.05) is 0 Å². The summed E-state index contributed by atoms with van der Waals surface area (Å²) < 4.78 is 0. The summed E-state index contributed by atoms with van der Waals surface area (Å²) in [6, 6.07) is 8.86. The minimum atomic E-state index is 0. The van der Waals surface area contributed by atoms with Gasteiger partial charge >= 0.3 is 0 Å². The molecule has 0 unspecified atom stereocenters. The first-order valence-electron chi connectivity index (χ1n) is 5.66. The smallest absolute Gasteiger partial charge is 0 e. The van der Waals surface area contributed by atoms with Gasteiger partial charge in [-0.1, -0.05) is 52.0 Å². The molecular formula is C14H22Na. The standard InChI is InChI=1S/C14H22.Na/c1-11(2)9-13-7-5-6-8-14(13)10-12(3)4;/h5-8,11-12H,9-10H2,1-4H3;. The Morgan fingerprint density at radius 1 is 0.800 bits per heavy atom. The van der Waals surface area contributed by atoms with Crippen molar-refractivity contribution in [2.24, 2.45) is 11.8 Å². The van der Waals surface area contributed by atoms with Gasteiger partial charge in [-0.3, -0.25) is 0 Å². The van der Waals surface area contributed by atoms with Gasteiger partial charge < -0.3 is 0 Å². The second-order valence-corrected chi connectivity index (χ2v) is 4.96. The van der Waals surface area contributed by atoms with Crippen LogP contribution in [0.1, 0.15) is 38.8 Å². The van der Waals surface area contributed by atoms with E-state index in [0.717, 1.165) is 11.8 Å². The van der Waals surface area contributed by atoms with Crippen molar-refractivity contribution in [3.05, 3.63) is 35.4 Å². The van der Waals surface area contributed by atoms with Gasteiger partial charge in [0.2, 0.25) is 0 Å². The van der Waals surface area contributed by atoms with Gasteiger partial charge in [-0.2, -0.15) is 0 Å². The minimum absolute atomic E-state index is 0. The number of hydrogen-bond donors (Lipinski definition) is 0. The molecule has 0 amide bonds. The maximum atomic E-state index is 2.28. The molecule has 0 aliphatic carbocycles. The van der Waals surface area contributed by atoms with Crippen molar-refractivity contribution < 1.29 is 0 Å². The van der Waals surface area contributed by atoms with E-state index in [-0.39, 0.29) is 29.6 Å². The molecule has 79 valence electrons. The summed E-state index contributed by atoms with van der Waals surface area (Å²) in [5.41, 5.74) is 3.08.